The minimum absolute atomic E-state index is 0.414. The van der Waals surface area contributed by atoms with Crippen molar-refractivity contribution >= 4 is 0 Å². The lowest BCUT2D eigenvalue weighted by atomic mass is 9.49. The summed E-state index contributed by atoms with van der Waals surface area (Å²) in [5, 5.41) is 9.32. The molecule has 3 nitrogen and oxygen atoms in total. The van der Waals surface area contributed by atoms with Crippen LogP contribution in [0.1, 0.15) is 76.0 Å². The molecule has 0 saturated heterocycles. The molecule has 6 rings (SSSR count). The molecule has 0 radical (unpaired) electrons. The van der Waals surface area contributed by atoms with E-state index in [0.29, 0.717) is 5.41 Å². The Kier molecular flexibility index (Phi) is 2.27. The maximum Gasteiger partial charge on any atom is 0.139 e. The Balaban J connectivity index is 1.61. The Morgan fingerprint density at radius 2 is 1.60 bits per heavy atom. The molecule has 1 heterocycles. The number of aromatic nitrogens is 3. The molecule has 20 heavy (non-hydrogen) atoms. The number of aryl methyl sites for hydroxylation is 1. The minimum Gasteiger partial charge on any atom is -0.311 e. The minimum atomic E-state index is 0.414. The van der Waals surface area contributed by atoms with Crippen LogP contribution < -0.4 is 0 Å². The van der Waals surface area contributed by atoms with E-state index in [4.69, 9.17) is 5.10 Å². The van der Waals surface area contributed by atoms with Crippen LogP contribution in [0.15, 0.2) is 0 Å². The van der Waals surface area contributed by atoms with Gasteiger partial charge < -0.3 is 4.57 Å². The lowest BCUT2D eigenvalue weighted by Crippen LogP contribution is -2.49. The molecule has 108 valence electrons. The smallest absolute Gasteiger partial charge is 0.139 e. The van der Waals surface area contributed by atoms with E-state index in [1.165, 1.54) is 63.0 Å². The molecule has 0 aliphatic heterocycles. The fraction of sp³-hybridized carbons (Fsp3) is 0.882. The molecule has 5 saturated carbocycles. The summed E-state index contributed by atoms with van der Waals surface area (Å²) >= 11 is 0. The second-order valence-corrected chi connectivity index (χ2v) is 8.09. The third kappa shape index (κ3) is 1.52. The van der Waals surface area contributed by atoms with E-state index in [1.54, 1.807) is 0 Å². The zero-order chi connectivity index (χ0) is 13.3. The Bertz CT molecular complexity index is 505. The van der Waals surface area contributed by atoms with Crippen LogP contribution in [0.5, 0.6) is 0 Å². The van der Waals surface area contributed by atoms with E-state index in [-0.39, 0.29) is 0 Å². The molecule has 3 heteroatoms. The lowest BCUT2D eigenvalue weighted by Gasteiger charge is -2.56. The van der Waals surface area contributed by atoms with Gasteiger partial charge in [0.15, 0.2) is 0 Å². The Morgan fingerprint density at radius 3 is 2.10 bits per heavy atom. The van der Waals surface area contributed by atoms with Crippen LogP contribution in [0.3, 0.4) is 0 Å². The normalized spacial score (nSPS) is 42.4. The van der Waals surface area contributed by atoms with Crippen molar-refractivity contribution in [1.82, 2.24) is 14.8 Å². The van der Waals surface area contributed by atoms with Gasteiger partial charge in [-0.15, -0.1) is 10.2 Å². The van der Waals surface area contributed by atoms with E-state index in [0.717, 1.165) is 30.2 Å². The van der Waals surface area contributed by atoms with E-state index < -0.39 is 0 Å². The van der Waals surface area contributed by atoms with Gasteiger partial charge in [0.25, 0.3) is 0 Å². The predicted molar refractivity (Wildman–Crippen MR) is 77.5 cm³/mol. The fourth-order valence-electron chi connectivity index (χ4n) is 6.03. The lowest BCUT2D eigenvalue weighted by molar-refractivity contribution is -0.0112. The van der Waals surface area contributed by atoms with Crippen molar-refractivity contribution in [3.05, 3.63) is 11.6 Å². The number of rotatable bonds is 3. The molecule has 0 amide bonds. The fourth-order valence-corrected chi connectivity index (χ4v) is 6.03. The molecule has 1 aromatic rings. The van der Waals surface area contributed by atoms with Crippen LogP contribution in [0.25, 0.3) is 0 Å². The molecule has 5 aliphatic carbocycles. The van der Waals surface area contributed by atoms with E-state index in [1.807, 2.05) is 0 Å². The largest absolute Gasteiger partial charge is 0.311 e. The van der Waals surface area contributed by atoms with Gasteiger partial charge in [0.05, 0.1) is 0 Å². The summed E-state index contributed by atoms with van der Waals surface area (Å²) in [4.78, 5) is 0. The molecule has 5 aliphatic rings. The number of hydrogen-bond acceptors (Lipinski definition) is 2. The Morgan fingerprint density at radius 1 is 1.00 bits per heavy atom. The first kappa shape index (κ1) is 11.8. The summed E-state index contributed by atoms with van der Waals surface area (Å²) in [6.45, 7) is 2.23. The standard InChI is InChI=1S/C17H25N3/c1-2-15-18-19-16(20(15)14-3-4-14)17-8-11-5-12(9-17)7-13(6-11)10-17/h11-14H,2-10H2,1H3. The van der Waals surface area contributed by atoms with Crippen molar-refractivity contribution in [2.45, 2.75) is 76.2 Å². The highest BCUT2D eigenvalue weighted by molar-refractivity contribution is 5.20. The molecular formula is C17H25N3. The van der Waals surface area contributed by atoms with Gasteiger partial charge >= 0.3 is 0 Å². The Hall–Kier alpha value is -0.860. The van der Waals surface area contributed by atoms with Crippen molar-refractivity contribution in [2.24, 2.45) is 17.8 Å². The Labute approximate surface area is 121 Å². The van der Waals surface area contributed by atoms with Gasteiger partial charge in [-0.25, -0.2) is 0 Å². The summed E-state index contributed by atoms with van der Waals surface area (Å²) in [6, 6.07) is 0.739. The summed E-state index contributed by atoms with van der Waals surface area (Å²) in [5.74, 6) is 5.64. The van der Waals surface area contributed by atoms with E-state index in [9.17, 15) is 0 Å². The van der Waals surface area contributed by atoms with Gasteiger partial charge in [-0.1, -0.05) is 6.92 Å². The zero-order valence-electron chi connectivity index (χ0n) is 12.5. The van der Waals surface area contributed by atoms with Crippen LogP contribution in [0, 0.1) is 17.8 Å². The maximum atomic E-state index is 4.75. The average Bonchev–Trinajstić information content (AvgIpc) is 3.15. The zero-order valence-corrected chi connectivity index (χ0v) is 12.5. The second kappa shape index (κ2) is 3.86. The maximum absolute atomic E-state index is 4.75. The summed E-state index contributed by atoms with van der Waals surface area (Å²) in [6.07, 6.45) is 12.5. The molecule has 0 unspecified atom stereocenters. The van der Waals surface area contributed by atoms with Crippen molar-refractivity contribution < 1.29 is 0 Å². The van der Waals surface area contributed by atoms with Crippen LogP contribution in [-0.4, -0.2) is 14.8 Å². The van der Waals surface area contributed by atoms with E-state index in [2.05, 4.69) is 16.6 Å². The number of hydrogen-bond donors (Lipinski definition) is 0. The topological polar surface area (TPSA) is 30.7 Å². The van der Waals surface area contributed by atoms with Gasteiger partial charge in [0, 0.05) is 17.9 Å². The van der Waals surface area contributed by atoms with Crippen LogP contribution in [0.2, 0.25) is 0 Å². The first-order valence-electron chi connectivity index (χ1n) is 8.71. The van der Waals surface area contributed by atoms with Crippen LogP contribution >= 0.6 is 0 Å². The number of nitrogens with zero attached hydrogens (tertiary/aromatic N) is 3. The first-order chi connectivity index (χ1) is 9.77. The molecule has 0 atom stereocenters. The van der Waals surface area contributed by atoms with Gasteiger partial charge in [-0.2, -0.15) is 0 Å². The van der Waals surface area contributed by atoms with Crippen molar-refractivity contribution in [3.63, 3.8) is 0 Å². The van der Waals surface area contributed by atoms with Crippen molar-refractivity contribution in [3.8, 4) is 0 Å². The van der Waals surface area contributed by atoms with Crippen LogP contribution in [-0.2, 0) is 11.8 Å². The van der Waals surface area contributed by atoms with E-state index >= 15 is 0 Å². The molecule has 0 N–H and O–H groups in total. The SMILES string of the molecule is CCc1nnc(C23CC4CC(CC(C4)C2)C3)n1C1CC1. The third-order valence-corrected chi connectivity index (χ3v) is 6.51. The van der Waals surface area contributed by atoms with Crippen LogP contribution in [0.4, 0.5) is 0 Å². The molecule has 0 aromatic carbocycles. The molecule has 0 spiro atoms. The molecule has 4 bridgehead atoms. The summed E-state index contributed by atoms with van der Waals surface area (Å²) < 4.78 is 2.58. The van der Waals surface area contributed by atoms with Gasteiger partial charge in [0.1, 0.15) is 11.6 Å². The van der Waals surface area contributed by atoms with Gasteiger partial charge in [-0.05, 0) is 69.1 Å². The highest BCUT2D eigenvalue weighted by atomic mass is 15.3. The van der Waals surface area contributed by atoms with Gasteiger partial charge in [-0.3, -0.25) is 0 Å². The van der Waals surface area contributed by atoms with Crippen molar-refractivity contribution in [1.29, 1.82) is 0 Å². The molecular weight excluding hydrogens is 246 g/mol. The summed E-state index contributed by atoms with van der Waals surface area (Å²) in [5.41, 5.74) is 0.414. The monoisotopic (exact) mass is 271 g/mol. The highest BCUT2D eigenvalue weighted by Crippen LogP contribution is 2.61. The first-order valence-corrected chi connectivity index (χ1v) is 8.71. The highest BCUT2D eigenvalue weighted by Gasteiger charge is 2.54. The molecule has 1 aromatic heterocycles. The van der Waals surface area contributed by atoms with Gasteiger partial charge in [0.2, 0.25) is 0 Å². The second-order valence-electron chi connectivity index (χ2n) is 8.09. The predicted octanol–water partition coefficient (Wildman–Crippen LogP) is 3.64. The molecule has 5 fully saturated rings. The summed E-state index contributed by atoms with van der Waals surface area (Å²) in [7, 11) is 0. The van der Waals surface area contributed by atoms with Crippen molar-refractivity contribution in [2.75, 3.05) is 0 Å². The third-order valence-electron chi connectivity index (χ3n) is 6.51. The quantitative estimate of drug-likeness (QED) is 0.840. The average molecular weight is 271 g/mol.